The maximum absolute atomic E-state index is 13.4. The molecule has 16 heavy (non-hydrogen) atoms. The predicted octanol–water partition coefficient (Wildman–Crippen LogP) is 5.40. The minimum atomic E-state index is -0.269. The Morgan fingerprint density at radius 1 is 0.938 bits per heavy atom. The first-order valence-electron chi connectivity index (χ1n) is 4.49. The van der Waals surface area contributed by atoms with Crippen LogP contribution in [0.4, 0.5) is 4.39 Å². The second kappa shape index (κ2) is 4.90. The summed E-state index contributed by atoms with van der Waals surface area (Å²) in [5.41, 5.74) is 1.39. The van der Waals surface area contributed by atoms with Crippen LogP contribution in [-0.4, -0.2) is 0 Å². The number of benzene rings is 2. The maximum Gasteiger partial charge on any atom is 0.137 e. The molecule has 0 spiro atoms. The van der Waals surface area contributed by atoms with Gasteiger partial charge >= 0.3 is 0 Å². The zero-order chi connectivity index (χ0) is 11.7. The molecule has 0 aliphatic rings. The molecule has 0 fully saturated rings. The van der Waals surface area contributed by atoms with Gasteiger partial charge in [0.15, 0.2) is 0 Å². The average Bonchev–Trinajstić information content (AvgIpc) is 2.24. The van der Waals surface area contributed by atoms with Crippen molar-refractivity contribution < 1.29 is 4.39 Å². The normalized spacial score (nSPS) is 10.5. The fourth-order valence-corrected chi connectivity index (χ4v) is 2.68. The molecular formula is C12H6Cl2FI. The van der Waals surface area contributed by atoms with Gasteiger partial charge in [-0.1, -0.05) is 41.4 Å². The van der Waals surface area contributed by atoms with Crippen LogP contribution in [0.3, 0.4) is 0 Å². The second-order valence-corrected chi connectivity index (χ2v) is 5.09. The Labute approximate surface area is 117 Å². The molecule has 0 aliphatic carbocycles. The van der Waals surface area contributed by atoms with Crippen LogP contribution in [0.15, 0.2) is 36.4 Å². The van der Waals surface area contributed by atoms with Crippen molar-refractivity contribution in [3.63, 3.8) is 0 Å². The third-order valence-corrected chi connectivity index (χ3v) is 3.91. The molecule has 0 radical (unpaired) electrons. The largest absolute Gasteiger partial charge is 0.206 e. The van der Waals surface area contributed by atoms with Gasteiger partial charge in [-0.3, -0.25) is 0 Å². The first-order chi connectivity index (χ1) is 7.61. The van der Waals surface area contributed by atoms with Gasteiger partial charge in [-0.2, -0.15) is 0 Å². The van der Waals surface area contributed by atoms with Gasteiger partial charge in [0.05, 0.1) is 3.57 Å². The van der Waals surface area contributed by atoms with E-state index in [0.717, 1.165) is 5.56 Å². The van der Waals surface area contributed by atoms with Crippen LogP contribution in [0, 0.1) is 9.39 Å². The maximum atomic E-state index is 13.4. The molecule has 0 saturated carbocycles. The van der Waals surface area contributed by atoms with E-state index in [4.69, 9.17) is 23.2 Å². The lowest BCUT2D eigenvalue weighted by Gasteiger charge is -2.09. The van der Waals surface area contributed by atoms with E-state index in [1.165, 1.54) is 6.07 Å². The lowest BCUT2D eigenvalue weighted by Crippen LogP contribution is -1.89. The zero-order valence-corrected chi connectivity index (χ0v) is 11.6. The van der Waals surface area contributed by atoms with E-state index in [0.29, 0.717) is 19.2 Å². The molecule has 0 aromatic heterocycles. The molecule has 2 aromatic rings. The van der Waals surface area contributed by atoms with Crippen molar-refractivity contribution in [2.24, 2.45) is 0 Å². The number of hydrogen-bond acceptors (Lipinski definition) is 0. The van der Waals surface area contributed by atoms with Crippen LogP contribution in [0.1, 0.15) is 0 Å². The number of halogens is 4. The Kier molecular flexibility index (Phi) is 3.72. The van der Waals surface area contributed by atoms with Crippen molar-refractivity contribution in [2.45, 2.75) is 0 Å². The van der Waals surface area contributed by atoms with Crippen molar-refractivity contribution >= 4 is 45.8 Å². The summed E-state index contributed by atoms with van der Waals surface area (Å²) in [4.78, 5) is 0. The first kappa shape index (κ1) is 12.1. The summed E-state index contributed by atoms with van der Waals surface area (Å²) in [7, 11) is 0. The first-order valence-corrected chi connectivity index (χ1v) is 6.33. The van der Waals surface area contributed by atoms with Gasteiger partial charge in [0.1, 0.15) is 5.82 Å². The second-order valence-electron chi connectivity index (χ2n) is 3.20. The Morgan fingerprint density at radius 2 is 1.50 bits per heavy atom. The number of rotatable bonds is 1. The van der Waals surface area contributed by atoms with Crippen LogP contribution in [0.5, 0.6) is 0 Å². The highest BCUT2D eigenvalue weighted by Gasteiger charge is 2.13. The molecule has 82 valence electrons. The van der Waals surface area contributed by atoms with Crippen LogP contribution < -0.4 is 0 Å². The van der Waals surface area contributed by atoms with Crippen LogP contribution >= 0.6 is 45.8 Å². The van der Waals surface area contributed by atoms with Crippen molar-refractivity contribution in [1.29, 1.82) is 0 Å². The molecule has 4 heteroatoms. The van der Waals surface area contributed by atoms with E-state index in [9.17, 15) is 4.39 Å². The summed E-state index contributed by atoms with van der Waals surface area (Å²) in [6.45, 7) is 0. The standard InChI is InChI=1S/C12H6Cl2FI/c13-8-4-2-5-9(14)11(8)7-3-1-6-10(15)12(7)16/h1-6H. The fraction of sp³-hybridized carbons (Fsp3) is 0. The van der Waals surface area contributed by atoms with E-state index in [1.807, 2.05) is 22.6 Å². The molecule has 0 heterocycles. The molecule has 0 nitrogen and oxygen atoms in total. The van der Waals surface area contributed by atoms with Crippen molar-refractivity contribution in [2.75, 3.05) is 0 Å². The Hall–Kier alpha value is -0.320. The molecule has 0 atom stereocenters. The van der Waals surface area contributed by atoms with Crippen LogP contribution in [-0.2, 0) is 0 Å². The molecule has 2 rings (SSSR count). The van der Waals surface area contributed by atoms with Crippen LogP contribution in [0.2, 0.25) is 10.0 Å². The molecule has 0 bridgehead atoms. The summed E-state index contributed by atoms with van der Waals surface area (Å²) >= 11 is 14.1. The Morgan fingerprint density at radius 3 is 2.12 bits per heavy atom. The third-order valence-electron chi connectivity index (χ3n) is 2.18. The molecular weight excluding hydrogens is 361 g/mol. The van der Waals surface area contributed by atoms with E-state index >= 15 is 0 Å². The van der Waals surface area contributed by atoms with Crippen molar-refractivity contribution in [3.05, 3.63) is 55.8 Å². The van der Waals surface area contributed by atoms with Gasteiger partial charge in [0.2, 0.25) is 0 Å². The van der Waals surface area contributed by atoms with E-state index in [-0.39, 0.29) is 5.82 Å². The van der Waals surface area contributed by atoms with Gasteiger partial charge in [-0.25, -0.2) is 4.39 Å². The highest BCUT2D eigenvalue weighted by atomic mass is 127. The molecule has 0 unspecified atom stereocenters. The monoisotopic (exact) mass is 366 g/mol. The third kappa shape index (κ3) is 2.19. The quantitative estimate of drug-likeness (QED) is 0.592. The summed E-state index contributed by atoms with van der Waals surface area (Å²) in [6.07, 6.45) is 0. The summed E-state index contributed by atoms with van der Waals surface area (Å²) < 4.78 is 14.0. The van der Waals surface area contributed by atoms with Crippen molar-refractivity contribution in [1.82, 2.24) is 0 Å². The zero-order valence-electron chi connectivity index (χ0n) is 7.98. The van der Waals surface area contributed by atoms with E-state index < -0.39 is 0 Å². The summed E-state index contributed by atoms with van der Waals surface area (Å²) in [6, 6.07) is 10.1. The fourth-order valence-electron chi connectivity index (χ4n) is 1.45. The SMILES string of the molecule is Fc1cccc(-c2c(Cl)cccc2Cl)c1I. The molecule has 0 amide bonds. The lowest BCUT2D eigenvalue weighted by atomic mass is 10.1. The molecule has 0 saturated heterocycles. The topological polar surface area (TPSA) is 0 Å². The van der Waals surface area contributed by atoms with E-state index in [1.54, 1.807) is 30.3 Å². The minimum absolute atomic E-state index is 0.269. The summed E-state index contributed by atoms with van der Waals surface area (Å²) in [5, 5.41) is 1.05. The Bertz CT molecular complexity index is 520. The smallest absolute Gasteiger partial charge is 0.137 e. The highest BCUT2D eigenvalue weighted by molar-refractivity contribution is 14.1. The predicted molar refractivity (Wildman–Crippen MR) is 74.6 cm³/mol. The van der Waals surface area contributed by atoms with Gasteiger partial charge in [-0.05, 0) is 40.8 Å². The molecule has 0 aliphatic heterocycles. The van der Waals surface area contributed by atoms with Crippen molar-refractivity contribution in [3.8, 4) is 11.1 Å². The van der Waals surface area contributed by atoms with E-state index in [2.05, 4.69) is 0 Å². The van der Waals surface area contributed by atoms with Gasteiger partial charge < -0.3 is 0 Å². The summed E-state index contributed by atoms with van der Waals surface area (Å²) in [5.74, 6) is -0.269. The Balaban J connectivity index is 2.73. The van der Waals surface area contributed by atoms with Crippen LogP contribution in [0.25, 0.3) is 11.1 Å². The minimum Gasteiger partial charge on any atom is -0.206 e. The lowest BCUT2D eigenvalue weighted by molar-refractivity contribution is 0.621. The average molecular weight is 367 g/mol. The molecule has 2 aromatic carbocycles. The van der Waals surface area contributed by atoms with Gasteiger partial charge in [-0.15, -0.1) is 0 Å². The number of hydrogen-bond donors (Lipinski definition) is 0. The van der Waals surface area contributed by atoms with Gasteiger partial charge in [0, 0.05) is 21.2 Å². The highest BCUT2D eigenvalue weighted by Crippen LogP contribution is 2.37. The van der Waals surface area contributed by atoms with Gasteiger partial charge in [0.25, 0.3) is 0 Å². The molecule has 0 N–H and O–H groups in total.